The SMILES string of the molecule is CCC1c2nnc(C)n2-c2cnc(-c3ccncc3-c3ccccc3)nc2N1C1CC1. The molecule has 4 aromatic rings. The van der Waals surface area contributed by atoms with E-state index in [1.807, 2.05) is 43.6 Å². The van der Waals surface area contributed by atoms with Gasteiger partial charge in [-0.1, -0.05) is 37.3 Å². The zero-order valence-electron chi connectivity index (χ0n) is 17.6. The van der Waals surface area contributed by atoms with Crippen LogP contribution in [0.3, 0.4) is 0 Å². The molecule has 31 heavy (non-hydrogen) atoms. The molecule has 0 saturated heterocycles. The first-order valence-corrected chi connectivity index (χ1v) is 10.8. The van der Waals surface area contributed by atoms with Gasteiger partial charge in [-0.15, -0.1) is 10.2 Å². The van der Waals surface area contributed by atoms with E-state index >= 15 is 0 Å². The average molecular weight is 409 g/mol. The van der Waals surface area contributed by atoms with Crippen molar-refractivity contribution in [3.05, 3.63) is 66.6 Å². The molecule has 1 unspecified atom stereocenters. The van der Waals surface area contributed by atoms with E-state index < -0.39 is 0 Å². The molecule has 0 amide bonds. The van der Waals surface area contributed by atoms with Gasteiger partial charge < -0.3 is 4.90 Å². The molecule has 4 heterocycles. The summed E-state index contributed by atoms with van der Waals surface area (Å²) in [6.45, 7) is 4.20. The molecular weight excluding hydrogens is 386 g/mol. The van der Waals surface area contributed by atoms with Crippen molar-refractivity contribution in [1.82, 2.24) is 29.7 Å². The lowest BCUT2D eigenvalue weighted by molar-refractivity contribution is 0.531. The lowest BCUT2D eigenvalue weighted by atomic mass is 10.0. The molecule has 0 spiro atoms. The van der Waals surface area contributed by atoms with Gasteiger partial charge in [0, 0.05) is 29.6 Å². The topological polar surface area (TPSA) is 72.6 Å². The van der Waals surface area contributed by atoms with Gasteiger partial charge in [0.25, 0.3) is 0 Å². The van der Waals surface area contributed by atoms with Gasteiger partial charge in [0.05, 0.1) is 12.2 Å². The van der Waals surface area contributed by atoms with Crippen LogP contribution in [0.4, 0.5) is 5.82 Å². The fourth-order valence-electron chi connectivity index (χ4n) is 4.60. The molecule has 1 aromatic carbocycles. The van der Waals surface area contributed by atoms with E-state index in [-0.39, 0.29) is 6.04 Å². The predicted octanol–water partition coefficient (Wildman–Crippen LogP) is 4.53. The van der Waals surface area contributed by atoms with Crippen molar-refractivity contribution >= 4 is 5.82 Å². The maximum absolute atomic E-state index is 5.14. The number of pyridine rings is 1. The number of hydrogen-bond acceptors (Lipinski definition) is 6. The number of rotatable bonds is 4. The highest BCUT2D eigenvalue weighted by Crippen LogP contribution is 2.45. The molecule has 154 valence electrons. The van der Waals surface area contributed by atoms with E-state index in [1.165, 1.54) is 12.8 Å². The van der Waals surface area contributed by atoms with Crippen LogP contribution >= 0.6 is 0 Å². The smallest absolute Gasteiger partial charge is 0.162 e. The second-order valence-corrected chi connectivity index (χ2v) is 8.19. The van der Waals surface area contributed by atoms with Gasteiger partial charge in [0.1, 0.15) is 11.5 Å². The third-order valence-electron chi connectivity index (χ3n) is 6.19. The van der Waals surface area contributed by atoms with E-state index in [4.69, 9.17) is 9.97 Å². The standard InChI is InChI=1S/C24H23N7/c1-3-20-24-29-28-15(2)30(24)21-14-26-22(27-23(21)31(20)17-9-10-17)18-11-12-25-13-19(18)16-7-5-4-6-8-16/h4-8,11-14,17,20H,3,9-10H2,1-2H3. The summed E-state index contributed by atoms with van der Waals surface area (Å²) in [5.41, 5.74) is 4.09. The van der Waals surface area contributed by atoms with Crippen molar-refractivity contribution in [2.75, 3.05) is 4.90 Å². The Morgan fingerprint density at radius 1 is 1.00 bits per heavy atom. The second-order valence-electron chi connectivity index (χ2n) is 8.19. The summed E-state index contributed by atoms with van der Waals surface area (Å²) in [6.07, 6.45) is 8.95. The molecule has 2 aliphatic rings. The van der Waals surface area contributed by atoms with E-state index in [2.05, 4.69) is 43.7 Å². The molecule has 1 saturated carbocycles. The molecule has 1 aliphatic heterocycles. The first kappa shape index (κ1) is 18.2. The van der Waals surface area contributed by atoms with Gasteiger partial charge in [0.15, 0.2) is 17.5 Å². The monoisotopic (exact) mass is 409 g/mol. The zero-order chi connectivity index (χ0) is 20.9. The molecule has 7 heteroatoms. The van der Waals surface area contributed by atoms with Crippen LogP contribution in [0, 0.1) is 6.92 Å². The number of nitrogens with zero attached hydrogens (tertiary/aromatic N) is 7. The highest BCUT2D eigenvalue weighted by molar-refractivity contribution is 5.80. The Hall–Kier alpha value is -3.61. The van der Waals surface area contributed by atoms with Crippen LogP contribution in [0.1, 0.15) is 43.9 Å². The van der Waals surface area contributed by atoms with Crippen molar-refractivity contribution < 1.29 is 0 Å². The van der Waals surface area contributed by atoms with Crippen molar-refractivity contribution in [2.24, 2.45) is 0 Å². The summed E-state index contributed by atoms with van der Waals surface area (Å²) in [5, 5.41) is 8.88. The molecule has 1 fully saturated rings. The number of aromatic nitrogens is 6. The first-order chi connectivity index (χ1) is 15.3. The maximum Gasteiger partial charge on any atom is 0.162 e. The average Bonchev–Trinajstić information content (AvgIpc) is 3.59. The molecule has 7 nitrogen and oxygen atoms in total. The summed E-state index contributed by atoms with van der Waals surface area (Å²) < 4.78 is 2.12. The number of hydrogen-bond donors (Lipinski definition) is 0. The quantitative estimate of drug-likeness (QED) is 0.493. The highest BCUT2D eigenvalue weighted by atomic mass is 15.4. The minimum atomic E-state index is 0.176. The molecule has 1 aliphatic carbocycles. The van der Waals surface area contributed by atoms with Crippen molar-refractivity contribution in [2.45, 2.75) is 45.2 Å². The lowest BCUT2D eigenvalue weighted by Crippen LogP contribution is -2.37. The Morgan fingerprint density at radius 2 is 1.84 bits per heavy atom. The van der Waals surface area contributed by atoms with Crippen molar-refractivity contribution in [3.63, 3.8) is 0 Å². The Bertz CT molecular complexity index is 1260. The van der Waals surface area contributed by atoms with Gasteiger partial charge in [-0.25, -0.2) is 9.97 Å². The van der Waals surface area contributed by atoms with E-state index in [1.54, 1.807) is 6.20 Å². The van der Waals surface area contributed by atoms with Crippen molar-refractivity contribution in [1.29, 1.82) is 0 Å². The van der Waals surface area contributed by atoms with E-state index in [0.717, 1.165) is 52.1 Å². The van der Waals surface area contributed by atoms with E-state index in [9.17, 15) is 0 Å². The van der Waals surface area contributed by atoms with Crippen LogP contribution in [0.15, 0.2) is 55.0 Å². The van der Waals surface area contributed by atoms with Crippen LogP contribution in [0.5, 0.6) is 0 Å². The van der Waals surface area contributed by atoms with E-state index in [0.29, 0.717) is 6.04 Å². The van der Waals surface area contributed by atoms with Crippen LogP contribution < -0.4 is 4.90 Å². The number of aryl methyl sites for hydroxylation is 1. The summed E-state index contributed by atoms with van der Waals surface area (Å²) in [6, 6.07) is 13.0. The molecule has 0 radical (unpaired) electrons. The fraction of sp³-hybridized carbons (Fsp3) is 0.292. The van der Waals surface area contributed by atoms with Crippen LogP contribution in [-0.2, 0) is 0 Å². The zero-order valence-corrected chi connectivity index (χ0v) is 17.6. The fourth-order valence-corrected chi connectivity index (χ4v) is 4.60. The minimum absolute atomic E-state index is 0.176. The largest absolute Gasteiger partial charge is 0.341 e. The van der Waals surface area contributed by atoms with Gasteiger partial charge >= 0.3 is 0 Å². The Kier molecular flexibility index (Phi) is 4.09. The number of fused-ring (bicyclic) bond motifs is 3. The third kappa shape index (κ3) is 2.84. The van der Waals surface area contributed by atoms with Crippen LogP contribution in [0.25, 0.3) is 28.2 Å². The number of anilines is 1. The Labute approximate surface area is 180 Å². The molecule has 6 rings (SSSR count). The maximum atomic E-state index is 5.14. The summed E-state index contributed by atoms with van der Waals surface area (Å²) in [7, 11) is 0. The summed E-state index contributed by atoms with van der Waals surface area (Å²) in [5.74, 6) is 3.56. The second kappa shape index (κ2) is 6.97. The highest BCUT2D eigenvalue weighted by Gasteiger charge is 2.42. The Balaban J connectivity index is 1.55. The first-order valence-electron chi connectivity index (χ1n) is 10.8. The van der Waals surface area contributed by atoms with Crippen LogP contribution in [0.2, 0.25) is 0 Å². The summed E-state index contributed by atoms with van der Waals surface area (Å²) >= 11 is 0. The predicted molar refractivity (Wildman–Crippen MR) is 119 cm³/mol. The summed E-state index contributed by atoms with van der Waals surface area (Å²) in [4.78, 5) is 16.7. The van der Waals surface area contributed by atoms with Crippen LogP contribution in [-0.4, -0.2) is 35.8 Å². The molecular formula is C24H23N7. The van der Waals surface area contributed by atoms with Gasteiger partial charge in [-0.3, -0.25) is 9.55 Å². The molecule has 3 aromatic heterocycles. The normalized spacial score (nSPS) is 17.4. The molecule has 1 atom stereocenters. The lowest BCUT2D eigenvalue weighted by Gasteiger charge is -2.37. The van der Waals surface area contributed by atoms with Gasteiger partial charge in [-0.05, 0) is 37.8 Å². The molecule has 0 bridgehead atoms. The van der Waals surface area contributed by atoms with Gasteiger partial charge in [-0.2, -0.15) is 0 Å². The minimum Gasteiger partial charge on any atom is -0.341 e. The molecule has 0 N–H and O–H groups in total. The Morgan fingerprint density at radius 3 is 2.61 bits per heavy atom. The third-order valence-corrected chi connectivity index (χ3v) is 6.19. The number of benzene rings is 1. The van der Waals surface area contributed by atoms with Crippen molar-refractivity contribution in [3.8, 4) is 28.2 Å². The van der Waals surface area contributed by atoms with Gasteiger partial charge in [0.2, 0.25) is 0 Å².